The van der Waals surface area contributed by atoms with Gasteiger partial charge in [-0.15, -0.1) is 0 Å². The molecule has 90 valence electrons. The highest BCUT2D eigenvalue weighted by Crippen LogP contribution is 2.25. The van der Waals surface area contributed by atoms with Gasteiger partial charge in [0.15, 0.2) is 6.29 Å². The molecule has 0 aliphatic heterocycles. The van der Waals surface area contributed by atoms with Gasteiger partial charge in [0.1, 0.15) is 15.9 Å². The molecule has 0 fully saturated rings. The van der Waals surface area contributed by atoms with Crippen molar-refractivity contribution in [3.63, 3.8) is 0 Å². The summed E-state index contributed by atoms with van der Waals surface area (Å²) in [7, 11) is -3.11. The Bertz CT molecular complexity index is 466. The monoisotopic (exact) mass is 245 g/mol. The summed E-state index contributed by atoms with van der Waals surface area (Å²) in [5.41, 5.74) is 0.797. The summed E-state index contributed by atoms with van der Waals surface area (Å²) < 4.78 is 42.9. The van der Waals surface area contributed by atoms with Gasteiger partial charge in [0.05, 0.1) is 4.90 Å². The van der Waals surface area contributed by atoms with E-state index >= 15 is 0 Å². The molecule has 16 heavy (non-hydrogen) atoms. The Balaban J connectivity index is 3.19. The van der Waals surface area contributed by atoms with Gasteiger partial charge in [-0.05, 0) is 31.5 Å². The predicted molar refractivity (Wildman–Crippen MR) is 56.2 cm³/mol. The number of aryl methyl sites for hydroxylation is 1. The van der Waals surface area contributed by atoms with Crippen molar-refractivity contribution in [1.29, 1.82) is 0 Å². The molecule has 1 rings (SSSR count). The van der Waals surface area contributed by atoms with Gasteiger partial charge in [-0.25, -0.2) is 8.42 Å². The van der Waals surface area contributed by atoms with E-state index in [1.165, 1.54) is 25.3 Å². The zero-order chi connectivity index (χ0) is 12.3. The van der Waals surface area contributed by atoms with Crippen LogP contribution < -0.4 is 4.74 Å². The van der Waals surface area contributed by atoms with Gasteiger partial charge in [-0.2, -0.15) is 0 Å². The van der Waals surface area contributed by atoms with Crippen LogP contribution >= 0.6 is 0 Å². The molecule has 0 saturated carbocycles. The fraction of sp³-hybridized carbons (Fsp3) is 0.400. The zero-order valence-electron chi connectivity index (χ0n) is 9.26. The smallest absolute Gasteiger partial charge is 0.196 e. The lowest BCUT2D eigenvalue weighted by Crippen LogP contribution is -2.15. The zero-order valence-corrected chi connectivity index (χ0v) is 10.1. The minimum Gasteiger partial charge on any atom is -0.744 e. The Labute approximate surface area is 94.7 Å². The van der Waals surface area contributed by atoms with Crippen molar-refractivity contribution in [2.75, 3.05) is 7.11 Å². The first-order valence-electron chi connectivity index (χ1n) is 4.60. The molecular weight excluding hydrogens is 232 g/mol. The highest BCUT2D eigenvalue weighted by Gasteiger charge is 2.12. The van der Waals surface area contributed by atoms with E-state index in [-0.39, 0.29) is 10.6 Å². The van der Waals surface area contributed by atoms with E-state index in [0.29, 0.717) is 0 Å². The second kappa shape index (κ2) is 4.82. The molecule has 0 spiro atoms. The van der Waals surface area contributed by atoms with Gasteiger partial charge < -0.3 is 14.0 Å². The Morgan fingerprint density at radius 1 is 1.38 bits per heavy atom. The molecule has 0 aliphatic rings. The normalized spacial score (nSPS) is 13.5. The minimum absolute atomic E-state index is 0.0179. The highest BCUT2D eigenvalue weighted by molar-refractivity contribution is 7.85. The SMILES string of the molecule is COC(C)Oc1cc(C)ccc1S(=O)(=O)[O-]. The second-order valence-electron chi connectivity index (χ2n) is 3.33. The summed E-state index contributed by atoms with van der Waals surface area (Å²) in [4.78, 5) is -0.373. The largest absolute Gasteiger partial charge is 0.744 e. The lowest BCUT2D eigenvalue weighted by Gasteiger charge is -2.18. The van der Waals surface area contributed by atoms with Crippen molar-refractivity contribution in [2.24, 2.45) is 0 Å². The van der Waals surface area contributed by atoms with Gasteiger partial charge in [0.2, 0.25) is 0 Å². The van der Waals surface area contributed by atoms with Crippen LogP contribution in [0.5, 0.6) is 5.75 Å². The van der Waals surface area contributed by atoms with Crippen LogP contribution in [0.2, 0.25) is 0 Å². The summed E-state index contributed by atoms with van der Waals surface area (Å²) in [6.07, 6.45) is -0.623. The van der Waals surface area contributed by atoms with E-state index in [4.69, 9.17) is 9.47 Å². The molecule has 1 atom stereocenters. The van der Waals surface area contributed by atoms with E-state index in [2.05, 4.69) is 0 Å². The van der Waals surface area contributed by atoms with E-state index < -0.39 is 16.4 Å². The third-order valence-corrected chi connectivity index (χ3v) is 2.87. The lowest BCUT2D eigenvalue weighted by atomic mass is 10.2. The number of hydrogen-bond donors (Lipinski definition) is 0. The summed E-state index contributed by atoms with van der Waals surface area (Å²) in [6.45, 7) is 3.37. The molecule has 1 aromatic carbocycles. The summed E-state index contributed by atoms with van der Waals surface area (Å²) in [6, 6.07) is 4.25. The molecule has 0 amide bonds. The average molecular weight is 245 g/mol. The summed E-state index contributed by atoms with van der Waals surface area (Å²) in [5.74, 6) is 0.0179. The van der Waals surface area contributed by atoms with Crippen molar-refractivity contribution in [2.45, 2.75) is 25.0 Å². The minimum atomic E-state index is -4.53. The van der Waals surface area contributed by atoms with Crippen molar-refractivity contribution in [3.8, 4) is 5.75 Å². The Hall–Kier alpha value is -1.11. The van der Waals surface area contributed by atoms with Crippen LogP contribution in [0.25, 0.3) is 0 Å². The van der Waals surface area contributed by atoms with Gasteiger partial charge in [-0.3, -0.25) is 0 Å². The maximum atomic E-state index is 11.0. The fourth-order valence-electron chi connectivity index (χ4n) is 1.14. The molecule has 0 radical (unpaired) electrons. The van der Waals surface area contributed by atoms with Crippen LogP contribution in [-0.4, -0.2) is 26.4 Å². The molecule has 0 bridgehead atoms. The van der Waals surface area contributed by atoms with Gasteiger partial charge in [0.25, 0.3) is 0 Å². The van der Waals surface area contributed by atoms with Crippen molar-refractivity contribution < 1.29 is 22.4 Å². The molecule has 1 aromatic rings. The van der Waals surface area contributed by atoms with E-state index in [9.17, 15) is 13.0 Å². The molecule has 0 aliphatic carbocycles. The first kappa shape index (κ1) is 13.0. The van der Waals surface area contributed by atoms with Crippen LogP contribution in [0.3, 0.4) is 0 Å². The number of benzene rings is 1. The standard InChI is InChI=1S/C10H14O5S/c1-7-4-5-10(16(11,12)13)9(6-7)15-8(2)14-3/h4-6,8H,1-3H3,(H,11,12,13)/p-1. The molecular formula is C10H13O5S-. The van der Waals surface area contributed by atoms with E-state index in [1.54, 1.807) is 13.8 Å². The first-order chi connectivity index (χ1) is 7.34. The quantitative estimate of drug-likeness (QED) is 0.589. The van der Waals surface area contributed by atoms with Crippen molar-refractivity contribution in [3.05, 3.63) is 23.8 Å². The van der Waals surface area contributed by atoms with E-state index in [1.807, 2.05) is 0 Å². The second-order valence-corrected chi connectivity index (χ2v) is 4.67. The third kappa shape index (κ3) is 3.19. The van der Waals surface area contributed by atoms with Crippen molar-refractivity contribution in [1.82, 2.24) is 0 Å². The molecule has 0 N–H and O–H groups in total. The average Bonchev–Trinajstić information content (AvgIpc) is 2.15. The highest BCUT2D eigenvalue weighted by atomic mass is 32.2. The molecule has 0 aromatic heterocycles. The maximum absolute atomic E-state index is 11.0. The van der Waals surface area contributed by atoms with Crippen LogP contribution in [0.1, 0.15) is 12.5 Å². The number of methoxy groups -OCH3 is 1. The molecule has 5 nitrogen and oxygen atoms in total. The Morgan fingerprint density at radius 2 is 2.00 bits per heavy atom. The first-order valence-corrected chi connectivity index (χ1v) is 6.01. The Kier molecular flexibility index (Phi) is 3.90. The van der Waals surface area contributed by atoms with Crippen LogP contribution in [-0.2, 0) is 14.9 Å². The summed E-state index contributed by atoms with van der Waals surface area (Å²) >= 11 is 0. The lowest BCUT2D eigenvalue weighted by molar-refractivity contribution is -0.0400. The topological polar surface area (TPSA) is 75.7 Å². The number of rotatable bonds is 4. The fourth-order valence-corrected chi connectivity index (χ4v) is 1.73. The van der Waals surface area contributed by atoms with Gasteiger partial charge in [-0.1, -0.05) is 6.07 Å². The molecule has 1 unspecified atom stereocenters. The number of ether oxygens (including phenoxy) is 2. The molecule has 0 heterocycles. The third-order valence-electron chi connectivity index (χ3n) is 1.99. The van der Waals surface area contributed by atoms with Crippen LogP contribution in [0.15, 0.2) is 23.1 Å². The maximum Gasteiger partial charge on any atom is 0.196 e. The number of hydrogen-bond acceptors (Lipinski definition) is 5. The summed E-state index contributed by atoms with van der Waals surface area (Å²) in [5, 5.41) is 0. The van der Waals surface area contributed by atoms with Gasteiger partial charge in [0, 0.05) is 7.11 Å². The van der Waals surface area contributed by atoms with Gasteiger partial charge >= 0.3 is 0 Å². The van der Waals surface area contributed by atoms with Crippen LogP contribution in [0.4, 0.5) is 0 Å². The van der Waals surface area contributed by atoms with Crippen LogP contribution in [0, 0.1) is 6.92 Å². The molecule has 6 heteroatoms. The predicted octanol–water partition coefficient (Wildman–Crippen LogP) is 1.27. The van der Waals surface area contributed by atoms with E-state index in [0.717, 1.165) is 5.56 Å². The van der Waals surface area contributed by atoms with Crippen molar-refractivity contribution >= 4 is 10.1 Å². The Morgan fingerprint density at radius 3 is 2.50 bits per heavy atom. The molecule has 0 saturated heterocycles.